The van der Waals surface area contributed by atoms with Gasteiger partial charge in [0.1, 0.15) is 11.4 Å². The standard InChI is InChI=1S/C26H27N3O2/c1-17-15-29(16-18-6-4-3-5-7-18)24-11-10-21(13-22(17)24)28-25-23(26(30)31-2)12-20(14-27-25)19-8-9-19/h3-7,10-14,17,19H,8-9,15-16H2,1-2H3,(H,27,28). The Morgan fingerprint density at radius 2 is 1.97 bits per heavy atom. The van der Waals surface area contributed by atoms with Crippen molar-refractivity contribution >= 4 is 23.2 Å². The van der Waals surface area contributed by atoms with Crippen LogP contribution in [0.4, 0.5) is 17.2 Å². The molecule has 31 heavy (non-hydrogen) atoms. The third-order valence-electron chi connectivity index (χ3n) is 6.24. The third kappa shape index (κ3) is 4.00. The number of benzene rings is 2. The predicted octanol–water partition coefficient (Wildman–Crippen LogP) is 5.61. The van der Waals surface area contributed by atoms with E-state index in [1.807, 2.05) is 12.3 Å². The van der Waals surface area contributed by atoms with E-state index < -0.39 is 0 Å². The lowest BCUT2D eigenvalue weighted by atomic mass is 10.0. The Balaban J connectivity index is 1.40. The molecule has 1 atom stereocenters. The lowest BCUT2D eigenvalue weighted by Gasteiger charge is -2.20. The highest BCUT2D eigenvalue weighted by molar-refractivity contribution is 5.95. The van der Waals surface area contributed by atoms with Gasteiger partial charge in [0.2, 0.25) is 0 Å². The highest BCUT2D eigenvalue weighted by atomic mass is 16.5. The van der Waals surface area contributed by atoms with Crippen LogP contribution in [0.3, 0.4) is 0 Å². The second-order valence-corrected chi connectivity index (χ2v) is 8.60. The molecule has 0 spiro atoms. The number of esters is 1. The summed E-state index contributed by atoms with van der Waals surface area (Å²) >= 11 is 0. The van der Waals surface area contributed by atoms with Gasteiger partial charge in [0.25, 0.3) is 0 Å². The SMILES string of the molecule is COC(=O)c1cc(C2CC2)cnc1Nc1ccc2c(c1)C(C)CN2Cc1ccccc1. The number of hydrogen-bond acceptors (Lipinski definition) is 5. The summed E-state index contributed by atoms with van der Waals surface area (Å²) < 4.78 is 5.01. The van der Waals surface area contributed by atoms with Crippen LogP contribution in [-0.4, -0.2) is 24.6 Å². The molecule has 5 rings (SSSR count). The maximum atomic E-state index is 12.4. The molecule has 0 amide bonds. The van der Waals surface area contributed by atoms with Crippen molar-refractivity contribution in [2.75, 3.05) is 23.9 Å². The fourth-order valence-electron chi connectivity index (χ4n) is 4.42. The summed E-state index contributed by atoms with van der Waals surface area (Å²) in [6.45, 7) is 4.16. The van der Waals surface area contributed by atoms with Crippen molar-refractivity contribution in [3.8, 4) is 0 Å². The van der Waals surface area contributed by atoms with Crippen molar-refractivity contribution in [3.63, 3.8) is 0 Å². The largest absolute Gasteiger partial charge is 0.465 e. The van der Waals surface area contributed by atoms with Gasteiger partial charge in [-0.05, 0) is 59.7 Å². The molecule has 5 heteroatoms. The van der Waals surface area contributed by atoms with Crippen molar-refractivity contribution in [1.82, 2.24) is 4.98 Å². The van der Waals surface area contributed by atoms with Gasteiger partial charge < -0.3 is 15.0 Å². The quantitative estimate of drug-likeness (QED) is 0.532. The van der Waals surface area contributed by atoms with Crippen molar-refractivity contribution < 1.29 is 9.53 Å². The van der Waals surface area contributed by atoms with Crippen LogP contribution >= 0.6 is 0 Å². The highest BCUT2D eigenvalue weighted by Crippen LogP contribution is 2.41. The Hall–Kier alpha value is -3.34. The first-order valence-corrected chi connectivity index (χ1v) is 10.9. The Morgan fingerprint density at radius 1 is 1.16 bits per heavy atom. The molecule has 1 saturated carbocycles. The molecule has 2 heterocycles. The van der Waals surface area contributed by atoms with Gasteiger partial charge in [-0.3, -0.25) is 0 Å². The summed E-state index contributed by atoms with van der Waals surface area (Å²) in [5, 5.41) is 3.36. The molecule has 1 aliphatic carbocycles. The summed E-state index contributed by atoms with van der Waals surface area (Å²) in [6.07, 6.45) is 4.21. The lowest BCUT2D eigenvalue weighted by molar-refractivity contribution is 0.0601. The van der Waals surface area contributed by atoms with E-state index >= 15 is 0 Å². The number of carbonyl (C=O) groups is 1. The normalized spacial score (nSPS) is 17.4. The van der Waals surface area contributed by atoms with Gasteiger partial charge in [-0.15, -0.1) is 0 Å². The molecule has 5 nitrogen and oxygen atoms in total. The van der Waals surface area contributed by atoms with Crippen LogP contribution in [0.25, 0.3) is 0 Å². The third-order valence-corrected chi connectivity index (χ3v) is 6.24. The summed E-state index contributed by atoms with van der Waals surface area (Å²) in [4.78, 5) is 19.4. The van der Waals surface area contributed by atoms with Crippen LogP contribution in [0.2, 0.25) is 0 Å². The van der Waals surface area contributed by atoms with E-state index in [0.717, 1.165) is 37.2 Å². The van der Waals surface area contributed by atoms with E-state index in [1.165, 1.54) is 23.9 Å². The number of rotatable bonds is 6. The minimum absolute atomic E-state index is 0.360. The Kier molecular flexibility index (Phi) is 5.10. The summed E-state index contributed by atoms with van der Waals surface area (Å²) in [7, 11) is 1.41. The molecular formula is C26H27N3O2. The number of carbonyl (C=O) groups excluding carboxylic acids is 1. The molecule has 0 radical (unpaired) electrons. The summed E-state index contributed by atoms with van der Waals surface area (Å²) in [5.74, 6) is 1.15. The Bertz CT molecular complexity index is 1110. The van der Waals surface area contributed by atoms with E-state index in [9.17, 15) is 4.79 Å². The van der Waals surface area contributed by atoms with E-state index in [1.54, 1.807) is 0 Å². The first-order chi connectivity index (χ1) is 15.1. The van der Waals surface area contributed by atoms with E-state index in [-0.39, 0.29) is 5.97 Å². The molecule has 158 valence electrons. The van der Waals surface area contributed by atoms with Gasteiger partial charge in [0.15, 0.2) is 0 Å². The molecule has 0 bridgehead atoms. The van der Waals surface area contributed by atoms with Gasteiger partial charge in [-0.1, -0.05) is 37.3 Å². The van der Waals surface area contributed by atoms with Gasteiger partial charge >= 0.3 is 5.97 Å². The number of ether oxygens (including phenoxy) is 1. The van der Waals surface area contributed by atoms with Crippen LogP contribution in [-0.2, 0) is 11.3 Å². The number of aromatic nitrogens is 1. The minimum Gasteiger partial charge on any atom is -0.465 e. The molecular weight excluding hydrogens is 386 g/mol. The first-order valence-electron chi connectivity index (χ1n) is 10.9. The number of methoxy groups -OCH3 is 1. The zero-order chi connectivity index (χ0) is 21.4. The first kappa shape index (κ1) is 19.6. The number of fused-ring (bicyclic) bond motifs is 1. The molecule has 0 saturated heterocycles. The van der Waals surface area contributed by atoms with Gasteiger partial charge in [-0.25, -0.2) is 9.78 Å². The zero-order valence-electron chi connectivity index (χ0n) is 18.0. The van der Waals surface area contributed by atoms with Crippen LogP contribution in [0.5, 0.6) is 0 Å². The van der Waals surface area contributed by atoms with Crippen molar-refractivity contribution in [2.24, 2.45) is 0 Å². The van der Waals surface area contributed by atoms with Crippen LogP contribution in [0.15, 0.2) is 60.8 Å². The maximum Gasteiger partial charge on any atom is 0.341 e. The predicted molar refractivity (Wildman–Crippen MR) is 123 cm³/mol. The molecule has 1 fully saturated rings. The van der Waals surface area contributed by atoms with Crippen LogP contribution < -0.4 is 10.2 Å². The average Bonchev–Trinajstić information content (AvgIpc) is 3.60. The monoisotopic (exact) mass is 413 g/mol. The van der Waals surface area contributed by atoms with E-state index in [4.69, 9.17) is 4.74 Å². The van der Waals surface area contributed by atoms with Gasteiger partial charge in [0.05, 0.1) is 7.11 Å². The number of hydrogen-bond donors (Lipinski definition) is 1. The van der Waals surface area contributed by atoms with Gasteiger partial charge in [0, 0.05) is 36.6 Å². The second-order valence-electron chi connectivity index (χ2n) is 8.60. The smallest absolute Gasteiger partial charge is 0.341 e. The molecule has 1 aromatic heterocycles. The fraction of sp³-hybridized carbons (Fsp3) is 0.308. The molecule has 2 aliphatic rings. The van der Waals surface area contributed by atoms with Crippen LogP contribution in [0.1, 0.15) is 58.6 Å². The van der Waals surface area contributed by atoms with Gasteiger partial charge in [-0.2, -0.15) is 0 Å². The Morgan fingerprint density at radius 3 is 2.71 bits per heavy atom. The lowest BCUT2D eigenvalue weighted by Crippen LogP contribution is -2.20. The second kappa shape index (κ2) is 8.06. The Labute approximate surface area is 183 Å². The topological polar surface area (TPSA) is 54.5 Å². The maximum absolute atomic E-state index is 12.4. The molecule has 1 aliphatic heterocycles. The molecule has 1 N–H and O–H groups in total. The summed E-state index contributed by atoms with van der Waals surface area (Å²) in [6, 6.07) is 18.9. The number of nitrogens with zero attached hydrogens (tertiary/aromatic N) is 2. The number of pyridine rings is 1. The van der Waals surface area contributed by atoms with E-state index in [0.29, 0.717) is 23.2 Å². The molecule has 2 aromatic carbocycles. The van der Waals surface area contributed by atoms with E-state index in [2.05, 4.69) is 70.7 Å². The number of nitrogens with one attached hydrogen (secondary N) is 1. The average molecular weight is 414 g/mol. The van der Waals surface area contributed by atoms with Crippen LogP contribution in [0, 0.1) is 0 Å². The molecule has 3 aromatic rings. The van der Waals surface area contributed by atoms with Crippen molar-refractivity contribution in [3.05, 3.63) is 83.0 Å². The highest BCUT2D eigenvalue weighted by Gasteiger charge is 2.28. The molecule has 1 unspecified atom stereocenters. The summed E-state index contributed by atoms with van der Waals surface area (Å²) in [5.41, 5.74) is 6.44. The van der Waals surface area contributed by atoms with Crippen molar-refractivity contribution in [2.45, 2.75) is 38.1 Å². The zero-order valence-corrected chi connectivity index (χ0v) is 18.0. The minimum atomic E-state index is -0.360. The fourth-order valence-corrected chi connectivity index (χ4v) is 4.42. The van der Waals surface area contributed by atoms with Crippen molar-refractivity contribution in [1.29, 1.82) is 0 Å². The number of anilines is 3.